The Kier molecular flexibility index (Phi) is 5.76. The van der Waals surface area contributed by atoms with Crippen LogP contribution in [0.25, 0.3) is 10.8 Å². The number of fused-ring (bicyclic) bond motifs is 1. The van der Waals surface area contributed by atoms with Gasteiger partial charge >= 0.3 is 0 Å². The van der Waals surface area contributed by atoms with Crippen molar-refractivity contribution in [2.45, 2.75) is 18.2 Å². The summed E-state index contributed by atoms with van der Waals surface area (Å²) in [5.41, 5.74) is 1.03. The molecule has 0 unspecified atom stereocenters. The van der Waals surface area contributed by atoms with E-state index in [0.29, 0.717) is 12.3 Å². The summed E-state index contributed by atoms with van der Waals surface area (Å²) in [6.45, 7) is 2.59. The predicted octanol–water partition coefficient (Wildman–Crippen LogP) is 4.71. The van der Waals surface area contributed by atoms with Crippen LogP contribution >= 0.6 is 34.7 Å². The molecule has 1 amide bonds. The molecule has 1 N–H and O–H groups in total. The first-order valence-electron chi connectivity index (χ1n) is 7.61. The maximum Gasteiger partial charge on any atom is 0.230 e. The normalized spacial score (nSPS) is 10.9. The van der Waals surface area contributed by atoms with Gasteiger partial charge in [-0.05, 0) is 24.4 Å². The third kappa shape index (κ3) is 4.29. The van der Waals surface area contributed by atoms with Crippen LogP contribution in [0.1, 0.15) is 10.7 Å². The molecule has 6 heteroatoms. The maximum absolute atomic E-state index is 12.1. The number of benzene rings is 2. The van der Waals surface area contributed by atoms with Crippen molar-refractivity contribution in [1.29, 1.82) is 0 Å². The fraction of sp³-hybridized carbons (Fsp3) is 0.222. The summed E-state index contributed by atoms with van der Waals surface area (Å²) >= 11 is 9.46. The van der Waals surface area contributed by atoms with Crippen molar-refractivity contribution in [2.75, 3.05) is 12.3 Å². The molecule has 3 nitrogen and oxygen atoms in total. The smallest absolute Gasteiger partial charge is 0.230 e. The minimum atomic E-state index is 0.0241. The molecule has 24 heavy (non-hydrogen) atoms. The van der Waals surface area contributed by atoms with Gasteiger partial charge in [0.1, 0.15) is 0 Å². The predicted molar refractivity (Wildman–Crippen MR) is 103 cm³/mol. The van der Waals surface area contributed by atoms with E-state index in [9.17, 15) is 4.79 Å². The van der Waals surface area contributed by atoms with Gasteiger partial charge in [0.25, 0.3) is 0 Å². The van der Waals surface area contributed by atoms with Gasteiger partial charge in [-0.1, -0.05) is 35.9 Å². The van der Waals surface area contributed by atoms with Crippen LogP contribution in [0.5, 0.6) is 0 Å². The first-order chi connectivity index (χ1) is 11.6. The number of hydrogen-bond acceptors (Lipinski definition) is 4. The summed E-state index contributed by atoms with van der Waals surface area (Å²) in [5, 5.41) is 8.86. The Hall–Kier alpha value is -1.56. The lowest BCUT2D eigenvalue weighted by Gasteiger charge is -2.08. The molecule has 0 aliphatic heterocycles. The number of halogens is 1. The summed E-state index contributed by atoms with van der Waals surface area (Å²) < 4.78 is 0. The lowest BCUT2D eigenvalue weighted by Crippen LogP contribution is -2.27. The Morgan fingerprint density at radius 2 is 2.08 bits per heavy atom. The SMILES string of the molecule is Cc1nc(CCNC(=O)CSc2cccc3cccc(Cl)c23)cs1. The highest BCUT2D eigenvalue weighted by Gasteiger charge is 2.08. The van der Waals surface area contributed by atoms with E-state index in [4.69, 9.17) is 11.6 Å². The van der Waals surface area contributed by atoms with Crippen LogP contribution in [0.15, 0.2) is 46.7 Å². The number of thiazole rings is 1. The number of nitrogens with one attached hydrogen (secondary N) is 1. The molecule has 0 atom stereocenters. The molecule has 1 heterocycles. The van der Waals surface area contributed by atoms with E-state index in [1.807, 2.05) is 48.7 Å². The van der Waals surface area contributed by atoms with Crippen LogP contribution < -0.4 is 5.32 Å². The van der Waals surface area contributed by atoms with Crippen LogP contribution in [0.2, 0.25) is 5.02 Å². The van der Waals surface area contributed by atoms with Crippen LogP contribution in [0.3, 0.4) is 0 Å². The van der Waals surface area contributed by atoms with E-state index in [-0.39, 0.29) is 5.91 Å². The molecule has 3 rings (SSSR count). The fourth-order valence-corrected chi connectivity index (χ4v) is 4.35. The lowest BCUT2D eigenvalue weighted by molar-refractivity contribution is -0.118. The molecule has 0 saturated carbocycles. The summed E-state index contributed by atoms with van der Waals surface area (Å²) in [7, 11) is 0. The van der Waals surface area contributed by atoms with E-state index in [2.05, 4.69) is 10.3 Å². The number of thioether (sulfide) groups is 1. The quantitative estimate of drug-likeness (QED) is 0.633. The highest BCUT2D eigenvalue weighted by molar-refractivity contribution is 8.00. The molecule has 0 aliphatic rings. The molecular formula is C18H17ClN2OS2. The molecule has 0 saturated heterocycles. The van der Waals surface area contributed by atoms with Crippen molar-refractivity contribution in [3.05, 3.63) is 57.5 Å². The molecular weight excluding hydrogens is 360 g/mol. The number of carbonyl (C=O) groups excluding carboxylic acids is 1. The topological polar surface area (TPSA) is 42.0 Å². The monoisotopic (exact) mass is 376 g/mol. The highest BCUT2D eigenvalue weighted by atomic mass is 35.5. The van der Waals surface area contributed by atoms with Gasteiger partial charge < -0.3 is 5.32 Å². The molecule has 0 fully saturated rings. The highest BCUT2D eigenvalue weighted by Crippen LogP contribution is 2.32. The Balaban J connectivity index is 1.55. The van der Waals surface area contributed by atoms with Crippen molar-refractivity contribution in [3.8, 4) is 0 Å². The van der Waals surface area contributed by atoms with Crippen molar-refractivity contribution in [2.24, 2.45) is 0 Å². The maximum atomic E-state index is 12.1. The molecule has 3 aromatic rings. The van der Waals surface area contributed by atoms with E-state index >= 15 is 0 Å². The van der Waals surface area contributed by atoms with Gasteiger partial charge in [-0.3, -0.25) is 4.79 Å². The van der Waals surface area contributed by atoms with E-state index < -0.39 is 0 Å². The van der Waals surface area contributed by atoms with Crippen molar-refractivity contribution in [1.82, 2.24) is 10.3 Å². The Morgan fingerprint density at radius 3 is 2.83 bits per heavy atom. The molecule has 1 aromatic heterocycles. The largest absolute Gasteiger partial charge is 0.355 e. The molecule has 124 valence electrons. The summed E-state index contributed by atoms with van der Waals surface area (Å²) in [6.07, 6.45) is 0.765. The molecule has 0 spiro atoms. The molecule has 0 bridgehead atoms. The van der Waals surface area contributed by atoms with Gasteiger partial charge in [0.15, 0.2) is 0 Å². The summed E-state index contributed by atoms with van der Waals surface area (Å²) in [4.78, 5) is 17.5. The zero-order valence-corrected chi connectivity index (χ0v) is 15.6. The van der Waals surface area contributed by atoms with E-state index in [0.717, 1.165) is 37.8 Å². The van der Waals surface area contributed by atoms with Crippen molar-refractivity contribution >= 4 is 51.4 Å². The minimum Gasteiger partial charge on any atom is -0.355 e. The average Bonchev–Trinajstić information content (AvgIpc) is 2.98. The fourth-order valence-electron chi connectivity index (χ4n) is 2.43. The van der Waals surface area contributed by atoms with Crippen LogP contribution in [0, 0.1) is 6.92 Å². The van der Waals surface area contributed by atoms with Gasteiger partial charge in [-0.2, -0.15) is 0 Å². The van der Waals surface area contributed by atoms with Gasteiger partial charge in [0, 0.05) is 33.6 Å². The van der Waals surface area contributed by atoms with Gasteiger partial charge in [0.2, 0.25) is 5.91 Å². The zero-order valence-electron chi connectivity index (χ0n) is 13.2. The molecule has 0 aliphatic carbocycles. The van der Waals surface area contributed by atoms with Crippen molar-refractivity contribution in [3.63, 3.8) is 0 Å². The Bertz CT molecular complexity index is 858. The second-order valence-electron chi connectivity index (χ2n) is 5.34. The second-order valence-corrected chi connectivity index (χ2v) is 7.83. The second kappa shape index (κ2) is 8.01. The van der Waals surface area contributed by atoms with E-state index in [1.165, 1.54) is 11.8 Å². The first-order valence-corrected chi connectivity index (χ1v) is 9.85. The standard InChI is InChI=1S/C18H17ClN2OS2/c1-12-21-14(10-23-12)8-9-20-17(22)11-24-16-7-3-5-13-4-2-6-15(19)18(13)16/h2-7,10H,8-9,11H2,1H3,(H,20,22). The lowest BCUT2D eigenvalue weighted by atomic mass is 10.1. The third-order valence-electron chi connectivity index (χ3n) is 3.54. The summed E-state index contributed by atoms with van der Waals surface area (Å²) in [6, 6.07) is 11.9. The van der Waals surface area contributed by atoms with Gasteiger partial charge in [0.05, 0.1) is 16.5 Å². The number of aromatic nitrogens is 1. The summed E-state index contributed by atoms with van der Waals surface area (Å²) in [5.74, 6) is 0.400. The number of amides is 1. The first kappa shape index (κ1) is 17.3. The number of rotatable bonds is 6. The molecule has 2 aromatic carbocycles. The van der Waals surface area contributed by atoms with Gasteiger partial charge in [-0.15, -0.1) is 23.1 Å². The number of nitrogens with zero attached hydrogens (tertiary/aromatic N) is 1. The Morgan fingerprint density at radius 1 is 1.29 bits per heavy atom. The van der Waals surface area contributed by atoms with Crippen LogP contribution in [-0.4, -0.2) is 23.2 Å². The van der Waals surface area contributed by atoms with Crippen LogP contribution in [-0.2, 0) is 11.2 Å². The third-order valence-corrected chi connectivity index (χ3v) is 5.74. The number of carbonyl (C=O) groups is 1. The molecule has 0 radical (unpaired) electrons. The average molecular weight is 377 g/mol. The van der Waals surface area contributed by atoms with Gasteiger partial charge in [-0.25, -0.2) is 4.98 Å². The number of hydrogen-bond donors (Lipinski definition) is 1. The Labute approximate surface area is 154 Å². The van der Waals surface area contributed by atoms with E-state index in [1.54, 1.807) is 11.3 Å². The van der Waals surface area contributed by atoms with Crippen molar-refractivity contribution < 1.29 is 4.79 Å². The minimum absolute atomic E-state index is 0.0241. The number of aryl methyl sites for hydroxylation is 1. The van der Waals surface area contributed by atoms with Crippen LogP contribution in [0.4, 0.5) is 0 Å². The zero-order chi connectivity index (χ0) is 16.9.